The van der Waals surface area contributed by atoms with Gasteiger partial charge in [-0.05, 0) is 109 Å². The topological polar surface area (TPSA) is 12.9 Å². The van der Waals surface area contributed by atoms with Crippen molar-refractivity contribution in [1.29, 1.82) is 0 Å². The lowest BCUT2D eigenvalue weighted by Crippen LogP contribution is -2.41. The summed E-state index contributed by atoms with van der Waals surface area (Å²) in [7, 11) is 0. The lowest BCUT2D eigenvalue weighted by molar-refractivity contribution is 0.00322. The number of nitrogens with zero attached hydrogens (tertiary/aromatic N) is 1. The maximum absolute atomic E-state index is 4.71. The quantitative estimate of drug-likeness (QED) is 0.652. The van der Waals surface area contributed by atoms with Crippen LogP contribution in [0.1, 0.15) is 66.2 Å². The maximum atomic E-state index is 4.71. The lowest BCUT2D eigenvalue weighted by atomic mass is 9.56. The van der Waals surface area contributed by atoms with Crippen LogP contribution in [0.25, 0.3) is 11.3 Å². The molecule has 4 aliphatic rings. The molecule has 0 radical (unpaired) electrons. The molecular weight excluding hydrogens is 290 g/mol. The van der Waals surface area contributed by atoms with Gasteiger partial charge in [0.1, 0.15) is 0 Å². The van der Waals surface area contributed by atoms with E-state index in [-0.39, 0.29) is 0 Å². The van der Waals surface area contributed by atoms with Gasteiger partial charge in [-0.3, -0.25) is 4.98 Å². The van der Waals surface area contributed by atoms with Gasteiger partial charge in [-0.1, -0.05) is 12.1 Å². The zero-order valence-corrected chi connectivity index (χ0v) is 14.7. The van der Waals surface area contributed by atoms with Gasteiger partial charge in [0, 0.05) is 11.8 Å². The van der Waals surface area contributed by atoms with Crippen LogP contribution >= 0.6 is 0 Å². The molecule has 5 atom stereocenters. The highest BCUT2D eigenvalue weighted by molar-refractivity contribution is 5.63. The number of rotatable bonds is 1. The highest BCUT2D eigenvalue weighted by atomic mass is 14.7. The third-order valence-electron chi connectivity index (χ3n) is 8.22. The van der Waals surface area contributed by atoms with Gasteiger partial charge in [0.15, 0.2) is 0 Å². The summed E-state index contributed by atoms with van der Waals surface area (Å²) in [5.74, 6) is 3.79. The summed E-state index contributed by atoms with van der Waals surface area (Å²) < 4.78 is 0. The van der Waals surface area contributed by atoms with E-state index in [9.17, 15) is 0 Å². The van der Waals surface area contributed by atoms with Gasteiger partial charge in [0.25, 0.3) is 0 Å². The first-order valence-electron chi connectivity index (χ1n) is 9.71. The Labute approximate surface area is 144 Å². The van der Waals surface area contributed by atoms with Crippen molar-refractivity contribution in [2.45, 2.75) is 57.8 Å². The highest BCUT2D eigenvalue weighted by Gasteiger charge is 2.65. The summed E-state index contributed by atoms with van der Waals surface area (Å²) in [5, 5.41) is 0. The van der Waals surface area contributed by atoms with E-state index < -0.39 is 0 Å². The van der Waals surface area contributed by atoms with Crippen LogP contribution in [0.3, 0.4) is 0 Å². The van der Waals surface area contributed by atoms with E-state index in [1.807, 2.05) is 6.20 Å². The van der Waals surface area contributed by atoms with Crippen LogP contribution < -0.4 is 0 Å². The average Bonchev–Trinajstić information content (AvgIpc) is 3.00. The molecule has 1 heteroatoms. The van der Waals surface area contributed by atoms with Crippen LogP contribution in [-0.2, 0) is 0 Å². The zero-order chi connectivity index (χ0) is 16.1. The van der Waals surface area contributed by atoms with Crippen molar-refractivity contribution in [2.24, 2.45) is 17.3 Å². The summed E-state index contributed by atoms with van der Waals surface area (Å²) >= 11 is 0. The van der Waals surface area contributed by atoms with Crippen LogP contribution in [0.4, 0.5) is 0 Å². The molecule has 0 aliphatic heterocycles. The Morgan fingerprint density at radius 1 is 0.875 bits per heavy atom. The molecule has 0 saturated heterocycles. The van der Waals surface area contributed by atoms with E-state index in [1.54, 1.807) is 11.1 Å². The largest absolute Gasteiger partial charge is 0.256 e. The fraction of sp³-hybridized carbons (Fsp3) is 0.522. The van der Waals surface area contributed by atoms with E-state index >= 15 is 0 Å². The van der Waals surface area contributed by atoms with Gasteiger partial charge in [0.05, 0.1) is 5.69 Å². The predicted molar refractivity (Wildman–Crippen MR) is 97.1 cm³/mol. The molecule has 2 aromatic rings. The van der Waals surface area contributed by atoms with E-state index in [1.165, 1.54) is 48.8 Å². The standard InChI is InChI=1S/C23H25N/c1-13-5-22(24-12-14(13)2)15-3-4-20-16-6-18-9-19-7-17(21(20)8-15)11-23(18,19)10-16/h3-5,8,12,16-19H,6-7,9-11H2,1-2H3. The molecule has 1 aromatic heterocycles. The molecular formula is C23H25N. The monoisotopic (exact) mass is 315 g/mol. The fourth-order valence-corrected chi connectivity index (χ4v) is 6.88. The van der Waals surface area contributed by atoms with Gasteiger partial charge >= 0.3 is 0 Å². The van der Waals surface area contributed by atoms with Crippen molar-refractivity contribution < 1.29 is 0 Å². The number of aromatic nitrogens is 1. The molecule has 1 aromatic carbocycles. The summed E-state index contributed by atoms with van der Waals surface area (Å²) in [4.78, 5) is 4.71. The molecule has 1 nitrogen and oxygen atoms in total. The third-order valence-corrected chi connectivity index (χ3v) is 8.22. The molecule has 1 spiro atoms. The Balaban J connectivity index is 1.49. The number of fused-ring (bicyclic) bond motifs is 5. The normalized spacial score (nSPS) is 37.8. The number of hydrogen-bond acceptors (Lipinski definition) is 1. The molecule has 5 unspecified atom stereocenters. The van der Waals surface area contributed by atoms with Crippen molar-refractivity contribution in [3.05, 3.63) is 52.7 Å². The first kappa shape index (κ1) is 13.6. The van der Waals surface area contributed by atoms with Crippen molar-refractivity contribution in [3.8, 4) is 11.3 Å². The molecule has 3 bridgehead atoms. The molecule has 122 valence electrons. The molecule has 1 heterocycles. The van der Waals surface area contributed by atoms with Crippen molar-refractivity contribution in [3.63, 3.8) is 0 Å². The van der Waals surface area contributed by atoms with E-state index in [0.29, 0.717) is 0 Å². The zero-order valence-electron chi connectivity index (χ0n) is 14.7. The second kappa shape index (κ2) is 4.31. The minimum absolute atomic E-state index is 0.757. The molecule has 4 aliphatic carbocycles. The van der Waals surface area contributed by atoms with Crippen molar-refractivity contribution in [1.82, 2.24) is 4.98 Å². The number of pyridine rings is 1. The molecule has 3 fully saturated rings. The molecule has 3 saturated carbocycles. The van der Waals surface area contributed by atoms with Gasteiger partial charge in [-0.2, -0.15) is 0 Å². The van der Waals surface area contributed by atoms with E-state index in [0.717, 1.165) is 34.8 Å². The second-order valence-corrected chi connectivity index (χ2v) is 9.13. The van der Waals surface area contributed by atoms with E-state index in [2.05, 4.69) is 38.1 Å². The highest BCUT2D eigenvalue weighted by Crippen LogP contribution is 2.75. The first-order chi connectivity index (χ1) is 11.6. The molecule has 0 amide bonds. The molecule has 24 heavy (non-hydrogen) atoms. The van der Waals surface area contributed by atoms with Crippen LogP contribution in [0.5, 0.6) is 0 Å². The third kappa shape index (κ3) is 1.54. The van der Waals surface area contributed by atoms with Crippen LogP contribution in [0.15, 0.2) is 30.5 Å². The smallest absolute Gasteiger partial charge is 0.0704 e. The summed E-state index contributed by atoms with van der Waals surface area (Å²) in [6, 6.07) is 9.56. The SMILES string of the molecule is Cc1cnc(-c2ccc3c(c2)C2CC4CC5CC3CC54C2)cc1C. The first-order valence-corrected chi connectivity index (χ1v) is 9.71. The van der Waals surface area contributed by atoms with Gasteiger partial charge in [0.2, 0.25) is 0 Å². The van der Waals surface area contributed by atoms with Crippen LogP contribution in [-0.4, -0.2) is 4.98 Å². The van der Waals surface area contributed by atoms with Crippen LogP contribution in [0.2, 0.25) is 0 Å². The Hall–Kier alpha value is -1.63. The Morgan fingerprint density at radius 2 is 1.62 bits per heavy atom. The average molecular weight is 315 g/mol. The summed E-state index contributed by atoms with van der Waals surface area (Å²) in [6.07, 6.45) is 9.46. The Morgan fingerprint density at radius 3 is 2.38 bits per heavy atom. The second-order valence-electron chi connectivity index (χ2n) is 9.13. The van der Waals surface area contributed by atoms with Gasteiger partial charge in [-0.25, -0.2) is 0 Å². The number of aryl methyl sites for hydroxylation is 2. The molecule has 0 N–H and O–H groups in total. The van der Waals surface area contributed by atoms with Crippen molar-refractivity contribution >= 4 is 0 Å². The van der Waals surface area contributed by atoms with E-state index in [4.69, 9.17) is 4.98 Å². The van der Waals surface area contributed by atoms with Gasteiger partial charge < -0.3 is 0 Å². The minimum Gasteiger partial charge on any atom is -0.256 e. The number of benzene rings is 1. The summed E-state index contributed by atoms with van der Waals surface area (Å²) in [5.41, 5.74) is 9.22. The van der Waals surface area contributed by atoms with Crippen LogP contribution in [0, 0.1) is 31.1 Å². The lowest BCUT2D eigenvalue weighted by Gasteiger charge is -2.48. The van der Waals surface area contributed by atoms with Gasteiger partial charge in [-0.15, -0.1) is 0 Å². The van der Waals surface area contributed by atoms with Crippen molar-refractivity contribution in [2.75, 3.05) is 0 Å². The minimum atomic E-state index is 0.757. The maximum Gasteiger partial charge on any atom is 0.0704 e. The fourth-order valence-electron chi connectivity index (χ4n) is 6.88. The summed E-state index contributed by atoms with van der Waals surface area (Å²) in [6.45, 7) is 4.33. The number of hydrogen-bond donors (Lipinski definition) is 0. The molecule has 6 rings (SSSR count). The Bertz CT molecular complexity index is 866. The Kier molecular flexibility index (Phi) is 2.45. The predicted octanol–water partition coefficient (Wildman–Crippen LogP) is 5.76.